The van der Waals surface area contributed by atoms with Gasteiger partial charge in [0.1, 0.15) is 11.9 Å². The van der Waals surface area contributed by atoms with E-state index in [1.54, 1.807) is 0 Å². The molecule has 2 aliphatic rings. The van der Waals surface area contributed by atoms with Gasteiger partial charge in [-0.05, 0) is 48.8 Å². The molecule has 104 valence electrons. The fourth-order valence-corrected chi connectivity index (χ4v) is 3.95. The second-order valence-electron chi connectivity index (χ2n) is 6.40. The molecule has 0 saturated heterocycles. The van der Waals surface area contributed by atoms with Crippen molar-refractivity contribution >= 4 is 0 Å². The zero-order valence-corrected chi connectivity index (χ0v) is 12.1. The summed E-state index contributed by atoms with van der Waals surface area (Å²) in [4.78, 5) is 0. The van der Waals surface area contributed by atoms with Crippen molar-refractivity contribution in [2.24, 2.45) is 11.1 Å². The van der Waals surface area contributed by atoms with Gasteiger partial charge < -0.3 is 10.5 Å². The van der Waals surface area contributed by atoms with E-state index in [-0.39, 0.29) is 6.04 Å². The predicted octanol–water partition coefficient (Wildman–Crippen LogP) is 3.98. The summed E-state index contributed by atoms with van der Waals surface area (Å²) in [6, 6.07) is 6.77. The largest absolute Gasteiger partial charge is 0.490 e. The van der Waals surface area contributed by atoms with Crippen molar-refractivity contribution in [2.75, 3.05) is 0 Å². The summed E-state index contributed by atoms with van der Waals surface area (Å²) in [7, 11) is 0. The Bertz CT molecular complexity index is 462. The van der Waals surface area contributed by atoms with E-state index < -0.39 is 0 Å². The van der Waals surface area contributed by atoms with E-state index in [1.165, 1.54) is 43.2 Å². The molecule has 0 radical (unpaired) electrons. The summed E-state index contributed by atoms with van der Waals surface area (Å²) in [5.74, 6) is 1.06. The van der Waals surface area contributed by atoms with Crippen molar-refractivity contribution in [3.63, 3.8) is 0 Å². The normalized spacial score (nSPS) is 25.9. The summed E-state index contributed by atoms with van der Waals surface area (Å²) < 4.78 is 5.78. The average molecular weight is 259 g/mol. The van der Waals surface area contributed by atoms with Crippen LogP contribution in [0.25, 0.3) is 0 Å². The van der Waals surface area contributed by atoms with Crippen LogP contribution in [0.5, 0.6) is 5.75 Å². The van der Waals surface area contributed by atoms with Gasteiger partial charge in [-0.25, -0.2) is 0 Å². The van der Waals surface area contributed by atoms with Gasteiger partial charge in [0.05, 0.1) is 0 Å². The monoisotopic (exact) mass is 259 g/mol. The minimum absolute atomic E-state index is 0.182. The number of rotatable bonds is 3. The molecule has 1 aromatic carbocycles. The van der Waals surface area contributed by atoms with Gasteiger partial charge in [-0.1, -0.05) is 31.9 Å². The predicted molar refractivity (Wildman–Crippen MR) is 78.4 cm³/mol. The first kappa shape index (κ1) is 13.0. The van der Waals surface area contributed by atoms with Gasteiger partial charge in [0.15, 0.2) is 0 Å². The molecule has 2 nitrogen and oxygen atoms in total. The van der Waals surface area contributed by atoms with E-state index in [2.05, 4.69) is 32.0 Å². The molecular weight excluding hydrogens is 234 g/mol. The average Bonchev–Trinajstić information content (AvgIpc) is 3.02. The molecule has 0 aromatic heterocycles. The molecule has 3 rings (SSSR count). The minimum Gasteiger partial charge on any atom is -0.490 e. The Kier molecular flexibility index (Phi) is 3.30. The molecule has 2 N–H and O–H groups in total. The van der Waals surface area contributed by atoms with Crippen LogP contribution in [-0.2, 0) is 6.42 Å². The number of ether oxygens (including phenoxy) is 1. The van der Waals surface area contributed by atoms with Crippen molar-refractivity contribution in [2.45, 2.75) is 64.5 Å². The Balaban J connectivity index is 1.88. The number of nitrogens with two attached hydrogens (primary N) is 1. The third-order valence-corrected chi connectivity index (χ3v) is 5.24. The minimum atomic E-state index is 0.182. The lowest BCUT2D eigenvalue weighted by Crippen LogP contribution is -2.31. The molecule has 1 aliphatic carbocycles. The first-order valence-corrected chi connectivity index (χ1v) is 7.70. The lowest BCUT2D eigenvalue weighted by Gasteiger charge is -2.34. The van der Waals surface area contributed by atoms with Crippen molar-refractivity contribution in [3.8, 4) is 5.75 Å². The molecule has 1 aromatic rings. The number of fused-ring (bicyclic) bond motifs is 1. The van der Waals surface area contributed by atoms with Gasteiger partial charge in [0.2, 0.25) is 0 Å². The van der Waals surface area contributed by atoms with Crippen molar-refractivity contribution in [1.29, 1.82) is 0 Å². The molecule has 19 heavy (non-hydrogen) atoms. The molecule has 0 spiro atoms. The van der Waals surface area contributed by atoms with Crippen molar-refractivity contribution in [3.05, 3.63) is 29.3 Å². The van der Waals surface area contributed by atoms with Crippen molar-refractivity contribution in [1.82, 2.24) is 0 Å². The Hall–Kier alpha value is -1.02. The maximum atomic E-state index is 6.63. The second kappa shape index (κ2) is 4.82. The molecule has 2 atom stereocenters. The summed E-state index contributed by atoms with van der Waals surface area (Å²) >= 11 is 0. The first-order chi connectivity index (χ1) is 9.14. The zero-order chi connectivity index (χ0) is 13.5. The molecule has 0 bridgehead atoms. The van der Waals surface area contributed by atoms with Gasteiger partial charge in [-0.2, -0.15) is 0 Å². The first-order valence-electron chi connectivity index (χ1n) is 7.70. The SMILES string of the molecule is CCC1(C(N)c2ccc3c(c2)CC(C)O3)CCCC1. The van der Waals surface area contributed by atoms with Crippen LogP contribution < -0.4 is 10.5 Å². The Labute approximate surface area is 116 Å². The van der Waals surface area contributed by atoms with Crippen LogP contribution in [0.2, 0.25) is 0 Å². The van der Waals surface area contributed by atoms with E-state index in [9.17, 15) is 0 Å². The molecule has 1 aliphatic heterocycles. The van der Waals surface area contributed by atoms with Crippen LogP contribution in [0, 0.1) is 5.41 Å². The van der Waals surface area contributed by atoms with Crippen LogP contribution in [0.1, 0.15) is 63.1 Å². The highest BCUT2D eigenvalue weighted by Gasteiger charge is 2.38. The molecule has 1 saturated carbocycles. The highest BCUT2D eigenvalue weighted by Crippen LogP contribution is 2.49. The standard InChI is InChI=1S/C17H25NO/c1-3-17(8-4-5-9-17)16(18)13-6-7-15-14(11-13)10-12(2)19-15/h6-7,11-12,16H,3-5,8-10,18H2,1-2H3. The number of hydrogen-bond acceptors (Lipinski definition) is 2. The molecule has 2 heteroatoms. The van der Waals surface area contributed by atoms with Gasteiger partial charge in [-0.15, -0.1) is 0 Å². The lowest BCUT2D eigenvalue weighted by atomic mass is 9.73. The van der Waals surface area contributed by atoms with Crippen LogP contribution >= 0.6 is 0 Å². The summed E-state index contributed by atoms with van der Waals surface area (Å²) in [5.41, 5.74) is 9.61. The number of benzene rings is 1. The smallest absolute Gasteiger partial charge is 0.123 e. The summed E-state index contributed by atoms with van der Waals surface area (Å²) in [6.45, 7) is 4.42. The van der Waals surface area contributed by atoms with Crippen LogP contribution in [0.15, 0.2) is 18.2 Å². The van der Waals surface area contributed by atoms with E-state index >= 15 is 0 Å². The number of hydrogen-bond donors (Lipinski definition) is 1. The Morgan fingerprint density at radius 3 is 2.79 bits per heavy atom. The van der Waals surface area contributed by atoms with Gasteiger partial charge in [-0.3, -0.25) is 0 Å². The highest BCUT2D eigenvalue weighted by atomic mass is 16.5. The van der Waals surface area contributed by atoms with Crippen molar-refractivity contribution < 1.29 is 4.74 Å². The molecule has 2 unspecified atom stereocenters. The van der Waals surface area contributed by atoms with Crippen LogP contribution in [0.4, 0.5) is 0 Å². The maximum Gasteiger partial charge on any atom is 0.123 e. The van der Waals surface area contributed by atoms with E-state index in [0.717, 1.165) is 12.2 Å². The fraction of sp³-hybridized carbons (Fsp3) is 0.647. The Morgan fingerprint density at radius 2 is 2.11 bits per heavy atom. The summed E-state index contributed by atoms with van der Waals surface area (Å²) in [5, 5.41) is 0. The lowest BCUT2D eigenvalue weighted by molar-refractivity contribution is 0.222. The third kappa shape index (κ3) is 2.16. The van der Waals surface area contributed by atoms with Crippen LogP contribution in [0.3, 0.4) is 0 Å². The van der Waals surface area contributed by atoms with Crippen LogP contribution in [-0.4, -0.2) is 6.10 Å². The van der Waals surface area contributed by atoms with E-state index in [1.807, 2.05) is 0 Å². The Morgan fingerprint density at radius 1 is 1.37 bits per heavy atom. The van der Waals surface area contributed by atoms with Gasteiger partial charge >= 0.3 is 0 Å². The molecule has 1 heterocycles. The molecule has 0 amide bonds. The topological polar surface area (TPSA) is 35.2 Å². The third-order valence-electron chi connectivity index (χ3n) is 5.24. The molecular formula is C17H25NO. The van der Waals surface area contributed by atoms with Gasteiger partial charge in [0, 0.05) is 12.5 Å². The summed E-state index contributed by atoms with van der Waals surface area (Å²) in [6.07, 6.45) is 7.78. The zero-order valence-electron chi connectivity index (χ0n) is 12.1. The second-order valence-corrected chi connectivity index (χ2v) is 6.40. The van der Waals surface area contributed by atoms with Gasteiger partial charge in [0.25, 0.3) is 0 Å². The maximum absolute atomic E-state index is 6.63. The van der Waals surface area contributed by atoms with E-state index in [0.29, 0.717) is 11.5 Å². The van der Waals surface area contributed by atoms with E-state index in [4.69, 9.17) is 10.5 Å². The quantitative estimate of drug-likeness (QED) is 0.891. The highest BCUT2D eigenvalue weighted by molar-refractivity contribution is 5.42. The fourth-order valence-electron chi connectivity index (χ4n) is 3.95. The molecule has 1 fully saturated rings.